The summed E-state index contributed by atoms with van der Waals surface area (Å²) in [5, 5.41) is 19.4. The van der Waals surface area contributed by atoms with E-state index in [1.54, 1.807) is 12.3 Å². The minimum atomic E-state index is 0.560. The van der Waals surface area contributed by atoms with Crippen LogP contribution < -0.4 is 5.32 Å². The first-order valence-electron chi connectivity index (χ1n) is 6.60. The number of nitriles is 1. The summed E-state index contributed by atoms with van der Waals surface area (Å²) in [6.07, 6.45) is 1.76. The van der Waals surface area contributed by atoms with Gasteiger partial charge in [-0.05, 0) is 31.2 Å². The van der Waals surface area contributed by atoms with Crippen LogP contribution in [0.25, 0.3) is 11.5 Å². The minimum Gasteiger partial charge on any atom is -0.460 e. The van der Waals surface area contributed by atoms with Crippen LogP contribution in [-0.4, -0.2) is 10.2 Å². The van der Waals surface area contributed by atoms with E-state index < -0.39 is 0 Å². The van der Waals surface area contributed by atoms with Crippen molar-refractivity contribution in [1.82, 2.24) is 10.2 Å². The van der Waals surface area contributed by atoms with Crippen molar-refractivity contribution in [3.8, 4) is 17.5 Å². The van der Waals surface area contributed by atoms with E-state index >= 15 is 0 Å². The van der Waals surface area contributed by atoms with Gasteiger partial charge in [-0.15, -0.1) is 0 Å². The number of hydrogen-bond acceptors (Lipinski definition) is 4. The Hall–Kier alpha value is -3.00. The van der Waals surface area contributed by atoms with E-state index in [-0.39, 0.29) is 0 Å². The molecule has 0 fully saturated rings. The van der Waals surface area contributed by atoms with Gasteiger partial charge in [0.25, 0.3) is 0 Å². The molecule has 0 saturated heterocycles. The molecular formula is C16H14N4O. The predicted molar refractivity (Wildman–Crippen MR) is 79.5 cm³/mol. The fraction of sp³-hybridized carbons (Fsp3) is 0.125. The van der Waals surface area contributed by atoms with Crippen LogP contribution >= 0.6 is 0 Å². The zero-order valence-electron chi connectivity index (χ0n) is 11.6. The molecule has 104 valence electrons. The number of hydrogen-bond donors (Lipinski definition) is 2. The molecule has 0 bridgehead atoms. The number of aromatic nitrogens is 2. The van der Waals surface area contributed by atoms with Gasteiger partial charge in [0, 0.05) is 12.1 Å². The summed E-state index contributed by atoms with van der Waals surface area (Å²) in [5.74, 6) is 1.61. The average molecular weight is 278 g/mol. The number of anilines is 1. The molecule has 0 amide bonds. The fourth-order valence-corrected chi connectivity index (χ4v) is 2.15. The predicted octanol–water partition coefficient (Wildman–Crippen LogP) is 3.46. The standard InChI is InChI=1S/C16H14N4O/c1-11-6-7-15(21-11)16-13(10-19-20-16)9-18-14-5-3-2-4-12(14)8-17/h2-7,10,18H,9H2,1H3,(H,19,20). The van der Waals surface area contributed by atoms with Crippen molar-refractivity contribution in [2.75, 3.05) is 5.32 Å². The van der Waals surface area contributed by atoms with Crippen LogP contribution in [0.3, 0.4) is 0 Å². The first kappa shape index (κ1) is 13.0. The maximum atomic E-state index is 9.09. The minimum absolute atomic E-state index is 0.560. The number of aromatic amines is 1. The summed E-state index contributed by atoms with van der Waals surface area (Å²) in [4.78, 5) is 0. The number of furan rings is 1. The summed E-state index contributed by atoms with van der Waals surface area (Å²) in [7, 11) is 0. The highest BCUT2D eigenvalue weighted by Gasteiger charge is 2.11. The van der Waals surface area contributed by atoms with Crippen LogP contribution in [0.2, 0.25) is 0 Å². The first-order valence-corrected chi connectivity index (χ1v) is 6.60. The fourth-order valence-electron chi connectivity index (χ4n) is 2.15. The van der Waals surface area contributed by atoms with Gasteiger partial charge in [0.15, 0.2) is 5.76 Å². The third-order valence-corrected chi connectivity index (χ3v) is 3.22. The molecule has 3 rings (SSSR count). The Morgan fingerprint density at radius 1 is 1.29 bits per heavy atom. The molecule has 2 N–H and O–H groups in total. The normalized spacial score (nSPS) is 10.3. The maximum absolute atomic E-state index is 9.09. The van der Waals surface area contributed by atoms with Crippen LogP contribution in [0.15, 0.2) is 47.0 Å². The van der Waals surface area contributed by atoms with E-state index in [2.05, 4.69) is 21.6 Å². The second-order valence-electron chi connectivity index (χ2n) is 4.69. The number of para-hydroxylation sites is 1. The molecule has 0 radical (unpaired) electrons. The first-order chi connectivity index (χ1) is 10.3. The highest BCUT2D eigenvalue weighted by Crippen LogP contribution is 2.24. The van der Waals surface area contributed by atoms with E-state index in [9.17, 15) is 0 Å². The van der Waals surface area contributed by atoms with Gasteiger partial charge in [0.2, 0.25) is 0 Å². The molecule has 2 heterocycles. The zero-order valence-corrected chi connectivity index (χ0v) is 11.6. The Morgan fingerprint density at radius 2 is 2.14 bits per heavy atom. The lowest BCUT2D eigenvalue weighted by Crippen LogP contribution is -2.01. The molecule has 21 heavy (non-hydrogen) atoms. The van der Waals surface area contributed by atoms with Crippen LogP contribution in [0.4, 0.5) is 5.69 Å². The van der Waals surface area contributed by atoms with E-state index in [0.717, 1.165) is 28.5 Å². The Labute approximate surface area is 122 Å². The van der Waals surface area contributed by atoms with Crippen molar-refractivity contribution in [3.63, 3.8) is 0 Å². The summed E-state index contributed by atoms with van der Waals surface area (Å²) in [6.45, 7) is 2.46. The molecule has 2 aromatic heterocycles. The van der Waals surface area contributed by atoms with Gasteiger partial charge in [0.1, 0.15) is 17.5 Å². The van der Waals surface area contributed by atoms with Gasteiger partial charge in [-0.3, -0.25) is 5.10 Å². The number of benzene rings is 1. The molecule has 5 nitrogen and oxygen atoms in total. The van der Waals surface area contributed by atoms with Gasteiger partial charge < -0.3 is 9.73 Å². The average Bonchev–Trinajstić information content (AvgIpc) is 3.13. The van der Waals surface area contributed by atoms with Gasteiger partial charge >= 0.3 is 0 Å². The third kappa shape index (κ3) is 2.65. The SMILES string of the molecule is Cc1ccc(-c2[nH]ncc2CNc2ccccc2C#N)o1. The van der Waals surface area contributed by atoms with Crippen LogP contribution in [0, 0.1) is 18.3 Å². The van der Waals surface area contributed by atoms with Crippen LogP contribution in [-0.2, 0) is 6.54 Å². The van der Waals surface area contributed by atoms with Crippen molar-refractivity contribution < 1.29 is 4.42 Å². The van der Waals surface area contributed by atoms with Crippen molar-refractivity contribution >= 4 is 5.69 Å². The molecule has 0 unspecified atom stereocenters. The monoisotopic (exact) mass is 278 g/mol. The molecule has 5 heteroatoms. The second-order valence-corrected chi connectivity index (χ2v) is 4.69. The smallest absolute Gasteiger partial charge is 0.152 e. The molecule has 3 aromatic rings. The van der Waals surface area contributed by atoms with E-state index in [4.69, 9.17) is 9.68 Å². The maximum Gasteiger partial charge on any atom is 0.152 e. The van der Waals surface area contributed by atoms with Gasteiger partial charge in [-0.25, -0.2) is 0 Å². The summed E-state index contributed by atoms with van der Waals surface area (Å²) in [5.41, 5.74) is 3.27. The Morgan fingerprint density at radius 3 is 2.90 bits per heavy atom. The highest BCUT2D eigenvalue weighted by molar-refractivity contribution is 5.60. The molecular weight excluding hydrogens is 264 g/mol. The van der Waals surface area contributed by atoms with Crippen molar-refractivity contribution in [1.29, 1.82) is 5.26 Å². The lowest BCUT2D eigenvalue weighted by molar-refractivity contribution is 0.545. The molecule has 0 saturated carbocycles. The lowest BCUT2D eigenvalue weighted by atomic mass is 10.1. The Balaban J connectivity index is 1.81. The number of nitrogens with one attached hydrogen (secondary N) is 2. The van der Waals surface area contributed by atoms with Crippen LogP contribution in [0.1, 0.15) is 16.9 Å². The topological polar surface area (TPSA) is 77.6 Å². The van der Waals surface area contributed by atoms with Crippen molar-refractivity contribution in [2.24, 2.45) is 0 Å². The van der Waals surface area contributed by atoms with Gasteiger partial charge in [-0.1, -0.05) is 12.1 Å². The third-order valence-electron chi connectivity index (χ3n) is 3.22. The number of nitrogens with zero attached hydrogens (tertiary/aromatic N) is 2. The van der Waals surface area contributed by atoms with Crippen molar-refractivity contribution in [2.45, 2.75) is 13.5 Å². The number of rotatable bonds is 4. The van der Waals surface area contributed by atoms with E-state index in [1.807, 2.05) is 37.3 Å². The quantitative estimate of drug-likeness (QED) is 0.766. The molecule has 0 atom stereocenters. The van der Waals surface area contributed by atoms with E-state index in [1.165, 1.54) is 0 Å². The number of aryl methyl sites for hydroxylation is 1. The molecule has 0 spiro atoms. The van der Waals surface area contributed by atoms with Crippen molar-refractivity contribution in [3.05, 3.63) is 59.5 Å². The van der Waals surface area contributed by atoms with E-state index in [0.29, 0.717) is 12.1 Å². The van der Waals surface area contributed by atoms with Gasteiger partial charge in [-0.2, -0.15) is 10.4 Å². The lowest BCUT2D eigenvalue weighted by Gasteiger charge is -2.07. The Kier molecular flexibility index (Phi) is 3.44. The molecule has 1 aromatic carbocycles. The summed E-state index contributed by atoms with van der Waals surface area (Å²) in [6, 6.07) is 13.4. The zero-order chi connectivity index (χ0) is 14.7. The van der Waals surface area contributed by atoms with Gasteiger partial charge in [0.05, 0.1) is 17.4 Å². The Bertz CT molecular complexity index is 794. The van der Waals surface area contributed by atoms with Crippen LogP contribution in [0.5, 0.6) is 0 Å². The molecule has 0 aliphatic rings. The highest BCUT2D eigenvalue weighted by atomic mass is 16.3. The number of H-pyrrole nitrogens is 1. The second kappa shape index (κ2) is 5.55. The largest absolute Gasteiger partial charge is 0.460 e. The molecule has 0 aliphatic heterocycles. The molecule has 0 aliphatic carbocycles. The summed E-state index contributed by atoms with van der Waals surface area (Å²) >= 11 is 0. The summed E-state index contributed by atoms with van der Waals surface area (Å²) < 4.78 is 5.61.